The molecule has 0 aromatic carbocycles. The second kappa shape index (κ2) is 6.35. The van der Waals surface area contributed by atoms with Crippen molar-refractivity contribution in [3.63, 3.8) is 0 Å². The number of thiazole rings is 1. The molecule has 2 heterocycles. The summed E-state index contributed by atoms with van der Waals surface area (Å²) in [5.74, 6) is 0.112. The largest absolute Gasteiger partial charge is 0.351 e. The van der Waals surface area contributed by atoms with Crippen LogP contribution in [0.15, 0.2) is 36.1 Å². The average Bonchev–Trinajstić information content (AvgIpc) is 3.09. The summed E-state index contributed by atoms with van der Waals surface area (Å²) in [6, 6.07) is 3.86. The molecule has 3 rings (SSSR count). The number of pyridine rings is 1. The maximum atomic E-state index is 12.8. The van der Waals surface area contributed by atoms with Crippen molar-refractivity contribution in [3.05, 3.63) is 46.7 Å². The molecule has 1 N–H and O–H groups in total. The molecule has 0 radical (unpaired) electrons. The molecule has 0 spiro atoms. The van der Waals surface area contributed by atoms with Gasteiger partial charge in [0.05, 0.1) is 0 Å². The number of hydrogen-bond acceptors (Lipinski definition) is 4. The first-order chi connectivity index (χ1) is 10.3. The standard InChI is InChI=1S/C16H19N3OS/c20-14(19-12-13-5-4-8-17-11-13)16(6-2-1-3-7-16)15-18-9-10-21-15/h4-5,8-11H,1-3,6-7,12H2,(H,19,20). The smallest absolute Gasteiger partial charge is 0.233 e. The van der Waals surface area contributed by atoms with Gasteiger partial charge in [0, 0.05) is 30.5 Å². The minimum Gasteiger partial charge on any atom is -0.351 e. The molecular weight excluding hydrogens is 282 g/mol. The van der Waals surface area contributed by atoms with Crippen LogP contribution in [0.5, 0.6) is 0 Å². The fourth-order valence-electron chi connectivity index (χ4n) is 3.01. The van der Waals surface area contributed by atoms with E-state index < -0.39 is 5.41 Å². The SMILES string of the molecule is O=C(NCc1cccnc1)C1(c2nccs2)CCCCC1. The molecule has 1 aliphatic rings. The lowest BCUT2D eigenvalue weighted by Crippen LogP contribution is -2.45. The number of carbonyl (C=O) groups excluding carboxylic acids is 1. The average molecular weight is 301 g/mol. The van der Waals surface area contributed by atoms with Crippen molar-refractivity contribution in [2.24, 2.45) is 0 Å². The maximum absolute atomic E-state index is 12.8. The highest BCUT2D eigenvalue weighted by molar-refractivity contribution is 7.09. The van der Waals surface area contributed by atoms with Gasteiger partial charge in [-0.05, 0) is 24.5 Å². The van der Waals surface area contributed by atoms with Crippen LogP contribution in [-0.2, 0) is 16.8 Å². The van der Waals surface area contributed by atoms with Gasteiger partial charge >= 0.3 is 0 Å². The molecule has 0 aliphatic heterocycles. The number of aromatic nitrogens is 2. The Bertz CT molecular complexity index is 577. The van der Waals surface area contributed by atoms with E-state index >= 15 is 0 Å². The summed E-state index contributed by atoms with van der Waals surface area (Å²) in [7, 11) is 0. The quantitative estimate of drug-likeness (QED) is 0.944. The summed E-state index contributed by atoms with van der Waals surface area (Å²) in [6.45, 7) is 0.528. The normalized spacial score (nSPS) is 17.3. The van der Waals surface area contributed by atoms with E-state index in [9.17, 15) is 4.79 Å². The molecule has 0 atom stereocenters. The molecule has 1 fully saturated rings. The van der Waals surface area contributed by atoms with Crippen molar-refractivity contribution in [2.75, 3.05) is 0 Å². The summed E-state index contributed by atoms with van der Waals surface area (Å²) >= 11 is 1.59. The number of carbonyl (C=O) groups is 1. The Labute approximate surface area is 128 Å². The van der Waals surface area contributed by atoms with Crippen LogP contribution in [0.3, 0.4) is 0 Å². The first-order valence-electron chi connectivity index (χ1n) is 7.38. The summed E-state index contributed by atoms with van der Waals surface area (Å²) in [5, 5.41) is 6.01. The summed E-state index contributed by atoms with van der Waals surface area (Å²) in [5.41, 5.74) is 0.602. The molecule has 1 amide bonds. The maximum Gasteiger partial charge on any atom is 0.233 e. The Kier molecular flexibility index (Phi) is 4.29. The van der Waals surface area contributed by atoms with E-state index in [-0.39, 0.29) is 5.91 Å². The van der Waals surface area contributed by atoms with Crippen LogP contribution in [0.1, 0.15) is 42.7 Å². The molecular formula is C16H19N3OS. The van der Waals surface area contributed by atoms with Gasteiger partial charge in [0.1, 0.15) is 10.4 Å². The Hall–Kier alpha value is -1.75. The number of nitrogens with one attached hydrogen (secondary N) is 1. The molecule has 110 valence electrons. The van der Waals surface area contributed by atoms with Crippen LogP contribution in [0, 0.1) is 0 Å². The van der Waals surface area contributed by atoms with Gasteiger partial charge in [0.25, 0.3) is 0 Å². The van der Waals surface area contributed by atoms with Crippen molar-refractivity contribution >= 4 is 17.2 Å². The minimum atomic E-state index is -0.422. The Morgan fingerprint density at radius 3 is 2.81 bits per heavy atom. The molecule has 0 saturated heterocycles. The van der Waals surface area contributed by atoms with Crippen molar-refractivity contribution in [2.45, 2.75) is 44.1 Å². The van der Waals surface area contributed by atoms with E-state index in [1.165, 1.54) is 6.42 Å². The molecule has 1 aliphatic carbocycles. The van der Waals surface area contributed by atoms with Crippen LogP contribution in [0.25, 0.3) is 0 Å². The van der Waals surface area contributed by atoms with Crippen LogP contribution >= 0.6 is 11.3 Å². The third-order valence-corrected chi connectivity index (χ3v) is 5.14. The molecule has 5 heteroatoms. The van der Waals surface area contributed by atoms with Gasteiger partial charge in [-0.2, -0.15) is 0 Å². The first-order valence-corrected chi connectivity index (χ1v) is 8.26. The molecule has 21 heavy (non-hydrogen) atoms. The molecule has 2 aromatic heterocycles. The van der Waals surface area contributed by atoms with Crippen molar-refractivity contribution in [3.8, 4) is 0 Å². The third kappa shape index (κ3) is 2.97. The Morgan fingerprint density at radius 2 is 2.14 bits per heavy atom. The van der Waals surface area contributed by atoms with E-state index in [1.54, 1.807) is 29.9 Å². The number of rotatable bonds is 4. The Morgan fingerprint density at radius 1 is 1.29 bits per heavy atom. The fraction of sp³-hybridized carbons (Fsp3) is 0.438. The van der Waals surface area contributed by atoms with E-state index in [4.69, 9.17) is 0 Å². The van der Waals surface area contributed by atoms with Crippen LogP contribution < -0.4 is 5.32 Å². The Balaban J connectivity index is 1.75. The van der Waals surface area contributed by atoms with Crippen LogP contribution in [0.4, 0.5) is 0 Å². The fourth-order valence-corrected chi connectivity index (χ4v) is 3.90. The number of nitrogens with zero attached hydrogens (tertiary/aromatic N) is 2. The highest BCUT2D eigenvalue weighted by Gasteiger charge is 2.43. The highest BCUT2D eigenvalue weighted by Crippen LogP contribution is 2.40. The van der Waals surface area contributed by atoms with E-state index in [0.717, 1.165) is 36.3 Å². The van der Waals surface area contributed by atoms with E-state index in [1.807, 2.05) is 17.5 Å². The van der Waals surface area contributed by atoms with Gasteiger partial charge < -0.3 is 5.32 Å². The lowest BCUT2D eigenvalue weighted by molar-refractivity contribution is -0.128. The van der Waals surface area contributed by atoms with Gasteiger partial charge in [0.15, 0.2) is 0 Å². The van der Waals surface area contributed by atoms with Crippen molar-refractivity contribution in [1.82, 2.24) is 15.3 Å². The van der Waals surface area contributed by atoms with Gasteiger partial charge in [-0.25, -0.2) is 4.98 Å². The van der Waals surface area contributed by atoms with Gasteiger partial charge in [-0.1, -0.05) is 25.3 Å². The van der Waals surface area contributed by atoms with Crippen molar-refractivity contribution in [1.29, 1.82) is 0 Å². The van der Waals surface area contributed by atoms with Gasteiger partial charge in [0.2, 0.25) is 5.91 Å². The molecule has 1 saturated carbocycles. The van der Waals surface area contributed by atoms with E-state index in [0.29, 0.717) is 6.54 Å². The molecule has 4 nitrogen and oxygen atoms in total. The zero-order chi connectivity index (χ0) is 14.5. The number of amides is 1. The second-order valence-electron chi connectivity index (χ2n) is 5.52. The molecule has 2 aromatic rings. The predicted molar refractivity (Wildman–Crippen MR) is 83.0 cm³/mol. The van der Waals surface area contributed by atoms with Crippen LogP contribution in [-0.4, -0.2) is 15.9 Å². The van der Waals surface area contributed by atoms with Gasteiger partial charge in [-0.3, -0.25) is 9.78 Å². The second-order valence-corrected chi connectivity index (χ2v) is 6.42. The van der Waals surface area contributed by atoms with Crippen molar-refractivity contribution < 1.29 is 4.79 Å². The lowest BCUT2D eigenvalue weighted by Gasteiger charge is -2.34. The molecule has 0 bridgehead atoms. The lowest BCUT2D eigenvalue weighted by atomic mass is 9.73. The number of hydrogen-bond donors (Lipinski definition) is 1. The zero-order valence-corrected chi connectivity index (χ0v) is 12.7. The predicted octanol–water partition coefficient (Wildman–Crippen LogP) is 3.06. The summed E-state index contributed by atoms with van der Waals surface area (Å²) in [6.07, 6.45) is 10.5. The van der Waals surface area contributed by atoms with Crippen LogP contribution in [0.2, 0.25) is 0 Å². The third-order valence-electron chi connectivity index (χ3n) is 4.16. The topological polar surface area (TPSA) is 54.9 Å². The summed E-state index contributed by atoms with van der Waals surface area (Å²) in [4.78, 5) is 21.3. The monoisotopic (exact) mass is 301 g/mol. The van der Waals surface area contributed by atoms with Gasteiger partial charge in [-0.15, -0.1) is 11.3 Å². The van der Waals surface area contributed by atoms with E-state index in [2.05, 4.69) is 15.3 Å². The zero-order valence-electron chi connectivity index (χ0n) is 11.9. The molecule has 0 unspecified atom stereocenters. The highest BCUT2D eigenvalue weighted by atomic mass is 32.1. The minimum absolute atomic E-state index is 0.112. The summed E-state index contributed by atoms with van der Waals surface area (Å²) < 4.78 is 0. The first kappa shape index (κ1) is 14.2.